The zero-order valence-electron chi connectivity index (χ0n) is 8.62. The second kappa shape index (κ2) is 6.63. The Morgan fingerprint density at radius 2 is 1.38 bits per heavy atom. The lowest BCUT2D eigenvalue weighted by atomic mass is 10.2. The van der Waals surface area contributed by atoms with E-state index < -0.39 is 0 Å². The van der Waals surface area contributed by atoms with Crippen molar-refractivity contribution in [2.24, 2.45) is 5.73 Å². The Bertz CT molecular complexity index is 195. The van der Waals surface area contributed by atoms with Crippen LogP contribution in [0.5, 0.6) is 0 Å². The van der Waals surface area contributed by atoms with E-state index in [0.29, 0.717) is 6.54 Å². The Morgan fingerprint density at radius 1 is 1.15 bits per heavy atom. The molecule has 0 aliphatic rings. The Balaban J connectivity index is 0.000000252. The number of hydrogen-bond acceptors (Lipinski definition) is 2. The molecule has 1 aromatic rings. The Morgan fingerprint density at radius 3 is 1.54 bits per heavy atom. The van der Waals surface area contributed by atoms with E-state index in [2.05, 4.69) is 38.1 Å². The third-order valence-electron chi connectivity index (χ3n) is 1.56. The molecule has 74 valence electrons. The molecule has 0 spiro atoms. The molecule has 0 aliphatic carbocycles. The van der Waals surface area contributed by atoms with Gasteiger partial charge in [0.05, 0.1) is 6.10 Å². The van der Waals surface area contributed by atoms with Gasteiger partial charge < -0.3 is 10.8 Å². The van der Waals surface area contributed by atoms with Crippen LogP contribution >= 0.6 is 0 Å². The number of hydrogen-bond donors (Lipinski definition) is 2. The van der Waals surface area contributed by atoms with Crippen molar-refractivity contribution in [3.63, 3.8) is 0 Å². The summed E-state index contributed by atoms with van der Waals surface area (Å²) >= 11 is 0. The number of rotatable bonds is 1. The van der Waals surface area contributed by atoms with E-state index in [1.54, 1.807) is 6.92 Å². The second-order valence-corrected chi connectivity index (χ2v) is 3.24. The highest BCUT2D eigenvalue weighted by Gasteiger charge is 1.81. The van der Waals surface area contributed by atoms with Crippen molar-refractivity contribution >= 4 is 0 Å². The van der Waals surface area contributed by atoms with Crippen LogP contribution in [0.15, 0.2) is 24.3 Å². The molecule has 3 N–H and O–H groups in total. The quantitative estimate of drug-likeness (QED) is 0.691. The van der Waals surface area contributed by atoms with Crippen LogP contribution in [0.1, 0.15) is 18.1 Å². The van der Waals surface area contributed by atoms with E-state index in [1.807, 2.05) is 0 Å². The summed E-state index contributed by atoms with van der Waals surface area (Å²) < 4.78 is 0. The average molecular weight is 181 g/mol. The monoisotopic (exact) mass is 181 g/mol. The van der Waals surface area contributed by atoms with Gasteiger partial charge in [0.2, 0.25) is 0 Å². The minimum atomic E-state index is -0.338. The van der Waals surface area contributed by atoms with E-state index in [4.69, 9.17) is 10.8 Å². The van der Waals surface area contributed by atoms with Crippen LogP contribution in [0.4, 0.5) is 0 Å². The van der Waals surface area contributed by atoms with E-state index in [9.17, 15) is 0 Å². The first-order chi connectivity index (χ1) is 6.06. The normalized spacial score (nSPS) is 11.5. The summed E-state index contributed by atoms with van der Waals surface area (Å²) in [6, 6.07) is 8.48. The molecular formula is C11H19NO. The molecule has 0 fully saturated rings. The number of aliphatic hydroxyl groups excluding tert-OH is 1. The van der Waals surface area contributed by atoms with E-state index >= 15 is 0 Å². The van der Waals surface area contributed by atoms with Gasteiger partial charge in [-0.15, -0.1) is 0 Å². The second-order valence-electron chi connectivity index (χ2n) is 3.24. The van der Waals surface area contributed by atoms with Gasteiger partial charge in [0.25, 0.3) is 0 Å². The molecule has 1 rings (SSSR count). The molecule has 0 bridgehead atoms. The van der Waals surface area contributed by atoms with Gasteiger partial charge in [0.1, 0.15) is 0 Å². The van der Waals surface area contributed by atoms with Gasteiger partial charge >= 0.3 is 0 Å². The van der Waals surface area contributed by atoms with Gasteiger partial charge in [-0.25, -0.2) is 0 Å². The largest absolute Gasteiger partial charge is 0.392 e. The van der Waals surface area contributed by atoms with Crippen molar-refractivity contribution in [3.05, 3.63) is 35.4 Å². The lowest BCUT2D eigenvalue weighted by molar-refractivity contribution is 0.203. The summed E-state index contributed by atoms with van der Waals surface area (Å²) in [5.41, 5.74) is 7.58. The average Bonchev–Trinajstić information content (AvgIpc) is 2.11. The summed E-state index contributed by atoms with van der Waals surface area (Å²) in [5.74, 6) is 0. The highest BCUT2D eigenvalue weighted by Crippen LogP contribution is 1.99. The molecule has 2 heteroatoms. The van der Waals surface area contributed by atoms with Gasteiger partial charge in [0.15, 0.2) is 0 Å². The van der Waals surface area contributed by atoms with Gasteiger partial charge in [-0.1, -0.05) is 35.4 Å². The summed E-state index contributed by atoms with van der Waals surface area (Å²) in [5, 5.41) is 8.24. The van der Waals surface area contributed by atoms with Crippen molar-refractivity contribution in [2.45, 2.75) is 26.9 Å². The summed E-state index contributed by atoms with van der Waals surface area (Å²) in [6.45, 7) is 6.21. The molecule has 1 aromatic carbocycles. The maximum Gasteiger partial charge on any atom is 0.0634 e. The van der Waals surface area contributed by atoms with E-state index in [1.165, 1.54) is 11.1 Å². The fraction of sp³-hybridized carbons (Fsp3) is 0.455. The first kappa shape index (κ1) is 12.1. The molecule has 0 amide bonds. The maximum atomic E-state index is 8.24. The molecule has 0 heterocycles. The van der Waals surface area contributed by atoms with Crippen LogP contribution in [0.25, 0.3) is 0 Å². The first-order valence-electron chi connectivity index (χ1n) is 4.47. The third kappa shape index (κ3) is 7.50. The summed E-state index contributed by atoms with van der Waals surface area (Å²) in [7, 11) is 0. The van der Waals surface area contributed by atoms with Crippen LogP contribution in [0.3, 0.4) is 0 Å². The molecule has 13 heavy (non-hydrogen) atoms. The molecular weight excluding hydrogens is 162 g/mol. The van der Waals surface area contributed by atoms with E-state index in [0.717, 1.165) is 0 Å². The minimum absolute atomic E-state index is 0.338. The molecule has 0 saturated carbocycles. The minimum Gasteiger partial charge on any atom is -0.392 e. The zero-order chi connectivity index (χ0) is 10.3. The molecule has 1 atom stereocenters. The van der Waals surface area contributed by atoms with Crippen molar-refractivity contribution in [1.29, 1.82) is 0 Å². The van der Waals surface area contributed by atoms with Crippen LogP contribution in [-0.4, -0.2) is 17.8 Å². The molecule has 2 nitrogen and oxygen atoms in total. The Hall–Kier alpha value is -0.860. The predicted molar refractivity (Wildman–Crippen MR) is 56.7 cm³/mol. The van der Waals surface area contributed by atoms with Crippen molar-refractivity contribution in [1.82, 2.24) is 0 Å². The molecule has 0 radical (unpaired) electrons. The Labute approximate surface area is 80.4 Å². The van der Waals surface area contributed by atoms with Crippen molar-refractivity contribution in [3.8, 4) is 0 Å². The van der Waals surface area contributed by atoms with Crippen LogP contribution in [0.2, 0.25) is 0 Å². The fourth-order valence-corrected chi connectivity index (χ4v) is 0.637. The number of aliphatic hydroxyl groups is 1. The van der Waals surface area contributed by atoms with Crippen LogP contribution in [0, 0.1) is 13.8 Å². The maximum absolute atomic E-state index is 8.24. The predicted octanol–water partition coefficient (Wildman–Crippen LogP) is 1.63. The molecule has 0 aliphatic heterocycles. The summed E-state index contributed by atoms with van der Waals surface area (Å²) in [6.07, 6.45) is -0.338. The highest BCUT2D eigenvalue weighted by atomic mass is 16.3. The smallest absolute Gasteiger partial charge is 0.0634 e. The number of aryl methyl sites for hydroxylation is 2. The number of benzene rings is 1. The lowest BCUT2D eigenvalue weighted by Crippen LogP contribution is -2.14. The van der Waals surface area contributed by atoms with Crippen molar-refractivity contribution < 1.29 is 5.11 Å². The SMILES string of the molecule is CC(O)CN.Cc1ccc(C)cc1. The van der Waals surface area contributed by atoms with E-state index in [-0.39, 0.29) is 6.10 Å². The molecule has 0 aromatic heterocycles. The number of nitrogens with two attached hydrogens (primary N) is 1. The van der Waals surface area contributed by atoms with Gasteiger partial charge in [-0.3, -0.25) is 0 Å². The fourth-order valence-electron chi connectivity index (χ4n) is 0.637. The van der Waals surface area contributed by atoms with Gasteiger partial charge in [0, 0.05) is 6.54 Å². The van der Waals surface area contributed by atoms with Crippen LogP contribution < -0.4 is 5.73 Å². The molecule has 1 unspecified atom stereocenters. The first-order valence-corrected chi connectivity index (χ1v) is 4.47. The van der Waals surface area contributed by atoms with Gasteiger partial charge in [-0.2, -0.15) is 0 Å². The summed E-state index contributed by atoms with van der Waals surface area (Å²) in [4.78, 5) is 0. The van der Waals surface area contributed by atoms with Gasteiger partial charge in [-0.05, 0) is 20.8 Å². The van der Waals surface area contributed by atoms with Crippen LogP contribution in [-0.2, 0) is 0 Å². The van der Waals surface area contributed by atoms with Crippen molar-refractivity contribution in [2.75, 3.05) is 6.54 Å². The standard InChI is InChI=1S/C8H10.C3H9NO/c1-7-3-5-8(2)6-4-7;1-3(5)2-4/h3-6H,1-2H3;3,5H,2,4H2,1H3. The third-order valence-corrected chi connectivity index (χ3v) is 1.56. The lowest BCUT2D eigenvalue weighted by Gasteiger charge is -1.91. The zero-order valence-corrected chi connectivity index (χ0v) is 8.62. The topological polar surface area (TPSA) is 46.2 Å². The molecule has 0 saturated heterocycles. The highest BCUT2D eigenvalue weighted by molar-refractivity contribution is 5.19. The Kier molecular flexibility index (Phi) is 6.20.